The van der Waals surface area contributed by atoms with Crippen LogP contribution in [-0.2, 0) is 11.8 Å². The molecule has 1 aliphatic rings. The van der Waals surface area contributed by atoms with E-state index < -0.39 is 0 Å². The number of rotatable bonds is 0. The van der Waals surface area contributed by atoms with E-state index in [0.717, 1.165) is 18.0 Å². The molecule has 0 fully saturated rings. The van der Waals surface area contributed by atoms with Crippen LogP contribution in [0.5, 0.6) is 0 Å². The van der Waals surface area contributed by atoms with Gasteiger partial charge in [-0.25, -0.2) is 0 Å². The molecule has 0 saturated carbocycles. The van der Waals surface area contributed by atoms with E-state index in [1.54, 1.807) is 0 Å². The van der Waals surface area contributed by atoms with Crippen molar-refractivity contribution in [3.05, 3.63) is 28.3 Å². The molecule has 1 aliphatic heterocycles. The molecule has 1 heterocycles. The molecule has 1 nitrogen and oxygen atoms in total. The predicted molar refractivity (Wildman–Crippen MR) is 71.7 cm³/mol. The number of benzene rings is 1. The molecule has 0 aromatic heterocycles. The van der Waals surface area contributed by atoms with Crippen LogP contribution < -0.4 is 4.90 Å². The van der Waals surface area contributed by atoms with Crippen molar-refractivity contribution in [1.29, 1.82) is 0 Å². The SMILES string of the molecule is CN1CCCc2cc(C(C)(C)C)cc(Cl)c21. The fraction of sp³-hybridized carbons (Fsp3) is 0.571. The van der Waals surface area contributed by atoms with Crippen LogP contribution in [0.25, 0.3) is 0 Å². The molecule has 2 heteroatoms. The summed E-state index contributed by atoms with van der Waals surface area (Å²) in [5.74, 6) is 0. The highest BCUT2D eigenvalue weighted by molar-refractivity contribution is 6.33. The Hall–Kier alpha value is -0.690. The van der Waals surface area contributed by atoms with Crippen LogP contribution in [0.15, 0.2) is 12.1 Å². The summed E-state index contributed by atoms with van der Waals surface area (Å²) in [6, 6.07) is 4.46. The van der Waals surface area contributed by atoms with Crippen molar-refractivity contribution < 1.29 is 0 Å². The first-order valence-corrected chi connectivity index (χ1v) is 6.31. The van der Waals surface area contributed by atoms with Crippen molar-refractivity contribution in [2.24, 2.45) is 0 Å². The maximum atomic E-state index is 6.41. The van der Waals surface area contributed by atoms with Crippen molar-refractivity contribution in [1.82, 2.24) is 0 Å². The molecule has 88 valence electrons. The number of anilines is 1. The van der Waals surface area contributed by atoms with Gasteiger partial charge in [0, 0.05) is 13.6 Å². The maximum Gasteiger partial charge on any atom is 0.0645 e. The summed E-state index contributed by atoms with van der Waals surface area (Å²) >= 11 is 6.41. The first-order chi connectivity index (χ1) is 7.39. The third-order valence-electron chi connectivity index (χ3n) is 3.33. The summed E-state index contributed by atoms with van der Waals surface area (Å²) in [4.78, 5) is 2.27. The fourth-order valence-electron chi connectivity index (χ4n) is 2.33. The fourth-order valence-corrected chi connectivity index (χ4v) is 2.71. The zero-order valence-electron chi connectivity index (χ0n) is 10.6. The van der Waals surface area contributed by atoms with Gasteiger partial charge in [-0.2, -0.15) is 0 Å². The zero-order chi connectivity index (χ0) is 11.9. The van der Waals surface area contributed by atoms with Gasteiger partial charge in [-0.3, -0.25) is 0 Å². The average Bonchev–Trinajstić information content (AvgIpc) is 2.15. The standard InChI is InChI=1S/C14H20ClN/c1-14(2,3)11-8-10-6-5-7-16(4)13(10)12(15)9-11/h8-9H,5-7H2,1-4H3. The Labute approximate surface area is 103 Å². The Morgan fingerprint density at radius 1 is 1.25 bits per heavy atom. The highest BCUT2D eigenvalue weighted by Gasteiger charge is 2.21. The van der Waals surface area contributed by atoms with E-state index in [-0.39, 0.29) is 5.41 Å². The number of fused-ring (bicyclic) bond motifs is 1. The Morgan fingerprint density at radius 2 is 1.94 bits per heavy atom. The Balaban J connectivity index is 2.54. The van der Waals surface area contributed by atoms with Crippen LogP contribution in [0, 0.1) is 0 Å². The molecule has 1 aromatic rings. The quantitative estimate of drug-likeness (QED) is 0.659. The van der Waals surface area contributed by atoms with Crippen molar-refractivity contribution in [2.45, 2.75) is 39.0 Å². The molecule has 0 amide bonds. The summed E-state index contributed by atoms with van der Waals surface area (Å²) in [5, 5.41) is 0.907. The molecule has 0 unspecified atom stereocenters. The number of nitrogens with zero attached hydrogens (tertiary/aromatic N) is 1. The molecule has 0 bridgehead atoms. The molecule has 1 aromatic carbocycles. The second-order valence-corrected chi connectivity index (χ2v) is 6.15. The van der Waals surface area contributed by atoms with Crippen LogP contribution in [0.3, 0.4) is 0 Å². The van der Waals surface area contributed by atoms with E-state index in [9.17, 15) is 0 Å². The van der Waals surface area contributed by atoms with Crippen molar-refractivity contribution in [3.63, 3.8) is 0 Å². The highest BCUT2D eigenvalue weighted by Crippen LogP contribution is 2.37. The normalized spacial score (nSPS) is 16.2. The lowest BCUT2D eigenvalue weighted by atomic mass is 9.84. The molecule has 0 radical (unpaired) electrons. The third kappa shape index (κ3) is 2.06. The topological polar surface area (TPSA) is 3.24 Å². The van der Waals surface area contributed by atoms with Gasteiger partial charge < -0.3 is 4.90 Å². The van der Waals surface area contributed by atoms with E-state index in [0.29, 0.717) is 0 Å². The first kappa shape index (κ1) is 11.8. The molecular formula is C14H20ClN. The van der Waals surface area contributed by atoms with Gasteiger partial charge in [0.2, 0.25) is 0 Å². The van der Waals surface area contributed by atoms with E-state index >= 15 is 0 Å². The molecule has 0 N–H and O–H groups in total. The summed E-state index contributed by atoms with van der Waals surface area (Å²) in [6.45, 7) is 7.81. The van der Waals surface area contributed by atoms with E-state index in [4.69, 9.17) is 11.6 Å². The molecule has 0 spiro atoms. The van der Waals surface area contributed by atoms with E-state index in [1.165, 1.54) is 23.2 Å². The van der Waals surface area contributed by atoms with Crippen molar-refractivity contribution in [2.75, 3.05) is 18.5 Å². The maximum absolute atomic E-state index is 6.41. The van der Waals surface area contributed by atoms with Gasteiger partial charge >= 0.3 is 0 Å². The van der Waals surface area contributed by atoms with Crippen molar-refractivity contribution >= 4 is 17.3 Å². The summed E-state index contributed by atoms with van der Waals surface area (Å²) in [6.07, 6.45) is 2.39. The second kappa shape index (κ2) is 3.96. The van der Waals surface area contributed by atoms with E-state index in [1.807, 2.05) is 0 Å². The Bertz CT molecular complexity index is 404. The smallest absolute Gasteiger partial charge is 0.0645 e. The summed E-state index contributed by atoms with van der Waals surface area (Å²) in [7, 11) is 2.13. The monoisotopic (exact) mass is 237 g/mol. The summed E-state index contributed by atoms with van der Waals surface area (Å²) < 4.78 is 0. The predicted octanol–water partition coefficient (Wildman–Crippen LogP) is 4.02. The van der Waals surface area contributed by atoms with Gasteiger partial charge in [-0.05, 0) is 35.4 Å². The minimum Gasteiger partial charge on any atom is -0.373 e. The van der Waals surface area contributed by atoms with Crippen molar-refractivity contribution in [3.8, 4) is 0 Å². The number of hydrogen-bond donors (Lipinski definition) is 0. The lowest BCUT2D eigenvalue weighted by molar-refractivity contribution is 0.588. The minimum atomic E-state index is 0.175. The first-order valence-electron chi connectivity index (χ1n) is 5.93. The second-order valence-electron chi connectivity index (χ2n) is 5.74. The van der Waals surface area contributed by atoms with Crippen LogP contribution in [0.1, 0.15) is 38.3 Å². The third-order valence-corrected chi connectivity index (χ3v) is 3.62. The van der Waals surface area contributed by atoms with Gasteiger partial charge in [-0.1, -0.05) is 38.4 Å². The van der Waals surface area contributed by atoms with Gasteiger partial charge in [0.1, 0.15) is 0 Å². The molecular weight excluding hydrogens is 218 g/mol. The van der Waals surface area contributed by atoms with Gasteiger partial charge in [0.25, 0.3) is 0 Å². The highest BCUT2D eigenvalue weighted by atomic mass is 35.5. The van der Waals surface area contributed by atoms with E-state index in [2.05, 4.69) is 44.9 Å². The van der Waals surface area contributed by atoms with Crippen LogP contribution in [0.2, 0.25) is 5.02 Å². The van der Waals surface area contributed by atoms with Crippen LogP contribution >= 0.6 is 11.6 Å². The summed E-state index contributed by atoms with van der Waals surface area (Å²) in [5.41, 5.74) is 4.16. The molecule has 0 atom stereocenters. The van der Waals surface area contributed by atoms with Gasteiger partial charge in [0.15, 0.2) is 0 Å². The molecule has 0 aliphatic carbocycles. The largest absolute Gasteiger partial charge is 0.373 e. The average molecular weight is 238 g/mol. The van der Waals surface area contributed by atoms with Gasteiger partial charge in [0.05, 0.1) is 10.7 Å². The van der Waals surface area contributed by atoms with Crippen LogP contribution in [0.4, 0.5) is 5.69 Å². The Morgan fingerprint density at radius 3 is 2.56 bits per heavy atom. The Kier molecular flexibility index (Phi) is 2.91. The molecule has 0 saturated heterocycles. The number of hydrogen-bond acceptors (Lipinski definition) is 1. The lowest BCUT2D eigenvalue weighted by Crippen LogP contribution is -2.25. The van der Waals surface area contributed by atoms with Gasteiger partial charge in [-0.15, -0.1) is 0 Å². The number of halogens is 1. The lowest BCUT2D eigenvalue weighted by Gasteiger charge is -2.31. The molecule has 2 rings (SSSR count). The van der Waals surface area contributed by atoms with Crippen LogP contribution in [-0.4, -0.2) is 13.6 Å². The number of aryl methyl sites for hydroxylation is 1. The minimum absolute atomic E-state index is 0.175. The molecule has 16 heavy (non-hydrogen) atoms. The zero-order valence-corrected chi connectivity index (χ0v) is 11.4.